The Hall–Kier alpha value is -2.61. The zero-order valence-corrected chi connectivity index (χ0v) is 15.3. The number of nitrogens with zero attached hydrogens (tertiary/aromatic N) is 2. The number of hydrogen-bond donors (Lipinski definition) is 2. The summed E-state index contributed by atoms with van der Waals surface area (Å²) in [5.74, 6) is 0.00628. The van der Waals surface area contributed by atoms with Gasteiger partial charge in [-0.25, -0.2) is 4.68 Å². The molecule has 1 aromatic carbocycles. The van der Waals surface area contributed by atoms with Crippen molar-refractivity contribution < 1.29 is 14.7 Å². The van der Waals surface area contributed by atoms with E-state index in [0.717, 1.165) is 12.0 Å². The molecule has 0 aliphatic carbocycles. The lowest BCUT2D eigenvalue weighted by Gasteiger charge is -2.08. The van der Waals surface area contributed by atoms with Crippen molar-refractivity contribution in [1.82, 2.24) is 9.78 Å². The van der Waals surface area contributed by atoms with Crippen LogP contribution in [-0.4, -0.2) is 32.5 Å². The van der Waals surface area contributed by atoms with Crippen LogP contribution in [0.1, 0.15) is 35.8 Å². The lowest BCUT2D eigenvalue weighted by Crippen LogP contribution is -2.26. The van der Waals surface area contributed by atoms with Crippen LogP contribution in [0, 0.1) is 0 Å². The molecule has 0 saturated carbocycles. The third-order valence-corrected chi connectivity index (χ3v) is 4.48. The molecule has 138 valence electrons. The number of aromatic nitrogens is 2. The fourth-order valence-electron chi connectivity index (χ4n) is 2.23. The summed E-state index contributed by atoms with van der Waals surface area (Å²) in [5.41, 5.74) is 1.56. The lowest BCUT2D eigenvalue weighted by atomic mass is 10.2. The van der Waals surface area contributed by atoms with Crippen molar-refractivity contribution in [3.05, 3.63) is 58.0 Å². The number of aryl methyl sites for hydroxylation is 1. The van der Waals surface area contributed by atoms with E-state index in [1.54, 1.807) is 6.07 Å². The predicted molar refractivity (Wildman–Crippen MR) is 102 cm³/mol. The van der Waals surface area contributed by atoms with Crippen LogP contribution in [0.25, 0.3) is 0 Å². The molecule has 2 rings (SSSR count). The van der Waals surface area contributed by atoms with Gasteiger partial charge >= 0.3 is 5.97 Å². The molecule has 0 spiro atoms. The molecule has 1 aromatic heterocycles. The molecule has 0 unspecified atom stereocenters. The van der Waals surface area contributed by atoms with Gasteiger partial charge in [-0.05, 0) is 30.2 Å². The topological polar surface area (TPSA) is 101 Å². The molecule has 2 N–H and O–H groups in total. The molecule has 0 atom stereocenters. The number of hydrogen-bond acceptors (Lipinski definition) is 5. The van der Waals surface area contributed by atoms with E-state index in [-0.39, 0.29) is 23.6 Å². The molecule has 8 heteroatoms. The number of carboxylic acids is 1. The van der Waals surface area contributed by atoms with Crippen LogP contribution in [0.5, 0.6) is 0 Å². The SMILES string of the molecule is CCCn1nc(C(=O)Nc2cccc(CSCCC(=O)O)c2)ccc1=O. The average molecular weight is 375 g/mol. The van der Waals surface area contributed by atoms with Gasteiger partial charge in [0.1, 0.15) is 5.69 Å². The molecule has 0 saturated heterocycles. The number of benzene rings is 1. The summed E-state index contributed by atoms with van der Waals surface area (Å²) in [6.45, 7) is 2.39. The van der Waals surface area contributed by atoms with Gasteiger partial charge in [-0.3, -0.25) is 14.4 Å². The number of aliphatic carboxylic acids is 1. The summed E-state index contributed by atoms with van der Waals surface area (Å²) in [7, 11) is 0. The average Bonchev–Trinajstić information content (AvgIpc) is 2.61. The lowest BCUT2D eigenvalue weighted by molar-refractivity contribution is -0.136. The first-order valence-electron chi connectivity index (χ1n) is 8.27. The Bertz CT molecular complexity index is 835. The number of anilines is 1. The van der Waals surface area contributed by atoms with Gasteiger partial charge in [0.15, 0.2) is 0 Å². The van der Waals surface area contributed by atoms with Gasteiger partial charge in [-0.15, -0.1) is 0 Å². The summed E-state index contributed by atoms with van der Waals surface area (Å²) in [6.07, 6.45) is 0.875. The number of amides is 1. The Labute approximate surface area is 155 Å². The van der Waals surface area contributed by atoms with Crippen LogP contribution >= 0.6 is 11.8 Å². The second-order valence-electron chi connectivity index (χ2n) is 5.63. The third-order valence-electron chi connectivity index (χ3n) is 3.45. The van der Waals surface area contributed by atoms with E-state index < -0.39 is 5.97 Å². The van der Waals surface area contributed by atoms with Gasteiger partial charge in [0.25, 0.3) is 11.5 Å². The summed E-state index contributed by atoms with van der Waals surface area (Å²) in [6, 6.07) is 10.1. The Balaban J connectivity index is 2.00. The van der Waals surface area contributed by atoms with E-state index >= 15 is 0 Å². The highest BCUT2D eigenvalue weighted by atomic mass is 32.2. The minimum absolute atomic E-state index is 0.125. The first kappa shape index (κ1) is 19.7. The number of carbonyl (C=O) groups excluding carboxylic acids is 1. The highest BCUT2D eigenvalue weighted by Crippen LogP contribution is 2.17. The van der Waals surface area contributed by atoms with Crippen molar-refractivity contribution in [1.29, 1.82) is 0 Å². The number of nitrogens with one attached hydrogen (secondary N) is 1. The number of carboxylic acid groups (broad SMARTS) is 1. The van der Waals surface area contributed by atoms with Gasteiger partial charge in [-0.1, -0.05) is 19.1 Å². The van der Waals surface area contributed by atoms with Gasteiger partial charge in [0.05, 0.1) is 6.42 Å². The maximum absolute atomic E-state index is 12.4. The van der Waals surface area contributed by atoms with Gasteiger partial charge in [0.2, 0.25) is 0 Å². The predicted octanol–water partition coefficient (Wildman–Crippen LogP) is 2.61. The van der Waals surface area contributed by atoms with Crippen molar-refractivity contribution in [2.45, 2.75) is 32.1 Å². The van der Waals surface area contributed by atoms with Gasteiger partial charge in [-0.2, -0.15) is 16.9 Å². The van der Waals surface area contributed by atoms with Crippen LogP contribution in [0.3, 0.4) is 0 Å². The molecule has 1 amide bonds. The van der Waals surface area contributed by atoms with Crippen LogP contribution in [-0.2, 0) is 17.1 Å². The van der Waals surface area contributed by atoms with Crippen LogP contribution in [0.2, 0.25) is 0 Å². The molecule has 0 bridgehead atoms. The van der Waals surface area contributed by atoms with Gasteiger partial charge in [0, 0.05) is 29.8 Å². The van der Waals surface area contributed by atoms with Crippen molar-refractivity contribution >= 4 is 29.3 Å². The summed E-state index contributed by atoms with van der Waals surface area (Å²) < 4.78 is 1.28. The standard InChI is InChI=1S/C18H21N3O4S/c1-2-9-21-16(22)7-6-15(20-21)18(25)19-14-5-3-4-13(11-14)12-26-10-8-17(23)24/h3-7,11H,2,8-10,12H2,1H3,(H,19,25)(H,23,24). The maximum Gasteiger partial charge on any atom is 0.304 e. The Kier molecular flexibility index (Phi) is 7.40. The number of rotatable bonds is 9. The van der Waals surface area contributed by atoms with Crippen molar-refractivity contribution in [3.8, 4) is 0 Å². The second kappa shape index (κ2) is 9.76. The Morgan fingerprint density at radius 3 is 2.81 bits per heavy atom. The summed E-state index contributed by atoms with van der Waals surface area (Å²) in [4.78, 5) is 34.6. The summed E-state index contributed by atoms with van der Waals surface area (Å²) in [5, 5.41) is 15.5. The molecule has 26 heavy (non-hydrogen) atoms. The summed E-state index contributed by atoms with van der Waals surface area (Å²) >= 11 is 1.52. The van der Waals surface area contributed by atoms with Crippen molar-refractivity contribution in [2.24, 2.45) is 0 Å². The first-order valence-corrected chi connectivity index (χ1v) is 9.43. The minimum Gasteiger partial charge on any atom is -0.481 e. The molecular weight excluding hydrogens is 354 g/mol. The fraction of sp³-hybridized carbons (Fsp3) is 0.333. The zero-order valence-electron chi connectivity index (χ0n) is 14.5. The molecule has 1 heterocycles. The molecule has 2 aromatic rings. The normalized spacial score (nSPS) is 10.5. The number of carbonyl (C=O) groups is 2. The quantitative estimate of drug-likeness (QED) is 0.653. The Morgan fingerprint density at radius 2 is 2.08 bits per heavy atom. The highest BCUT2D eigenvalue weighted by molar-refractivity contribution is 7.98. The molecule has 0 fully saturated rings. The monoisotopic (exact) mass is 375 g/mol. The van der Waals surface area contributed by atoms with Crippen molar-refractivity contribution in [3.63, 3.8) is 0 Å². The fourth-order valence-corrected chi connectivity index (χ4v) is 3.10. The van der Waals surface area contributed by atoms with Crippen LogP contribution < -0.4 is 10.9 Å². The maximum atomic E-state index is 12.4. The molecule has 7 nitrogen and oxygen atoms in total. The first-order chi connectivity index (χ1) is 12.5. The van der Waals surface area contributed by atoms with E-state index in [1.807, 2.05) is 25.1 Å². The van der Waals surface area contributed by atoms with E-state index in [1.165, 1.54) is 28.6 Å². The second-order valence-corrected chi connectivity index (χ2v) is 6.74. The molecule has 0 radical (unpaired) electrons. The van der Waals surface area contributed by atoms with Crippen molar-refractivity contribution in [2.75, 3.05) is 11.1 Å². The smallest absolute Gasteiger partial charge is 0.304 e. The van der Waals surface area contributed by atoms with E-state index in [0.29, 0.717) is 23.7 Å². The van der Waals surface area contributed by atoms with E-state index in [9.17, 15) is 14.4 Å². The number of thioether (sulfide) groups is 1. The Morgan fingerprint density at radius 1 is 1.27 bits per heavy atom. The molecular formula is C18H21N3O4S. The van der Waals surface area contributed by atoms with Crippen LogP contribution in [0.4, 0.5) is 5.69 Å². The largest absolute Gasteiger partial charge is 0.481 e. The molecule has 0 aliphatic heterocycles. The van der Waals surface area contributed by atoms with Gasteiger partial charge < -0.3 is 10.4 Å². The minimum atomic E-state index is -0.810. The third kappa shape index (κ3) is 6.03. The van der Waals surface area contributed by atoms with E-state index in [4.69, 9.17) is 5.11 Å². The highest BCUT2D eigenvalue weighted by Gasteiger charge is 2.10. The zero-order chi connectivity index (χ0) is 18.9. The van der Waals surface area contributed by atoms with E-state index in [2.05, 4.69) is 10.4 Å². The molecule has 0 aliphatic rings. The van der Waals surface area contributed by atoms with Crippen LogP contribution in [0.15, 0.2) is 41.2 Å².